The van der Waals surface area contributed by atoms with E-state index >= 15 is 0 Å². The number of unbranched alkanes of at least 4 members (excludes halogenated alkanes) is 1. The summed E-state index contributed by atoms with van der Waals surface area (Å²) in [6.07, 6.45) is 5.25. The van der Waals surface area contributed by atoms with Crippen molar-refractivity contribution in [3.8, 4) is 0 Å². The number of carbonyl (C=O) groups excluding carboxylic acids is 1. The van der Waals surface area contributed by atoms with E-state index < -0.39 is 29.9 Å². The van der Waals surface area contributed by atoms with Crippen molar-refractivity contribution in [1.29, 1.82) is 0 Å². The average Bonchev–Trinajstić information content (AvgIpc) is 3.53. The van der Waals surface area contributed by atoms with Gasteiger partial charge in [-0.25, -0.2) is 12.7 Å². The van der Waals surface area contributed by atoms with E-state index in [0.29, 0.717) is 37.3 Å². The number of aliphatic hydroxyl groups excluding tert-OH is 1. The van der Waals surface area contributed by atoms with Crippen molar-refractivity contribution >= 4 is 46.3 Å². The van der Waals surface area contributed by atoms with Crippen molar-refractivity contribution in [2.24, 2.45) is 17.3 Å². The lowest BCUT2D eigenvalue weighted by atomic mass is 9.78. The fraction of sp³-hybridized carbons (Fsp3) is 0.462. The fourth-order valence-corrected chi connectivity index (χ4v) is 14.4. The Balaban J connectivity index is 1.48. The molecule has 3 aromatic rings. The van der Waals surface area contributed by atoms with Crippen LogP contribution in [0, 0.1) is 17.3 Å². The summed E-state index contributed by atoms with van der Waals surface area (Å²) in [6, 6.07) is 27.2. The summed E-state index contributed by atoms with van der Waals surface area (Å²) in [7, 11) is -3.64. The number of esters is 1. The molecule has 2 aliphatic carbocycles. The molecule has 0 unspecified atom stereocenters. The zero-order valence-electron chi connectivity index (χ0n) is 29.3. The highest BCUT2D eigenvalue weighted by molar-refractivity contribution is 7.89. The van der Waals surface area contributed by atoms with Crippen LogP contribution in [0.3, 0.4) is 0 Å². The standard InChI is InChI=1S/C39H50ClNO6SSi/c1-38(2,3)49(32-15-8-6-9-16-32,33-17-10-7-11-18-33)47-27-34-35-24-29(14-12-13-19-37(43)46-5)25-39(35,26-36(34)42)28-41(4)48(44,45)31-22-20-30(40)21-23-31/h6-11,14-18,20-23,34-36,42H,12-13,19,24-28H2,1-5H3/b29-14-/t34-,35-,36-,39+/m1/s1. The monoisotopic (exact) mass is 723 g/mol. The number of fused-ring (bicyclic) bond motifs is 1. The first kappa shape index (κ1) is 37.5. The lowest BCUT2D eigenvalue weighted by molar-refractivity contribution is -0.140. The number of hydrogen-bond donors (Lipinski definition) is 1. The number of methoxy groups -OCH3 is 1. The molecule has 49 heavy (non-hydrogen) atoms. The molecule has 0 amide bonds. The van der Waals surface area contributed by atoms with Gasteiger partial charge in [0.05, 0.1) is 18.1 Å². The molecule has 2 fully saturated rings. The molecule has 4 atom stereocenters. The summed E-state index contributed by atoms with van der Waals surface area (Å²) >= 11 is 6.07. The zero-order valence-corrected chi connectivity index (χ0v) is 31.8. The Morgan fingerprint density at radius 2 is 1.61 bits per heavy atom. The van der Waals surface area contributed by atoms with Crippen molar-refractivity contribution in [3.63, 3.8) is 0 Å². The summed E-state index contributed by atoms with van der Waals surface area (Å²) in [5.74, 6) is -0.402. The molecule has 0 aromatic heterocycles. The van der Waals surface area contributed by atoms with Crippen LogP contribution in [0.15, 0.2) is 101 Å². The van der Waals surface area contributed by atoms with E-state index in [2.05, 4.69) is 75.4 Å². The van der Waals surface area contributed by atoms with Crippen LogP contribution < -0.4 is 10.4 Å². The Labute approximate surface area is 298 Å². The number of carbonyl (C=O) groups is 1. The zero-order chi connectivity index (χ0) is 35.5. The molecule has 0 heterocycles. The van der Waals surface area contributed by atoms with Gasteiger partial charge >= 0.3 is 5.97 Å². The summed E-state index contributed by atoms with van der Waals surface area (Å²) in [4.78, 5) is 11.9. The highest BCUT2D eigenvalue weighted by atomic mass is 35.5. The number of ether oxygens (including phenoxy) is 1. The third-order valence-electron chi connectivity index (χ3n) is 10.7. The second-order valence-corrected chi connectivity index (χ2v) is 21.6. The summed E-state index contributed by atoms with van der Waals surface area (Å²) < 4.78 is 41.2. The molecule has 0 radical (unpaired) electrons. The quantitative estimate of drug-likeness (QED) is 0.0927. The van der Waals surface area contributed by atoms with Gasteiger partial charge in [-0.3, -0.25) is 4.79 Å². The van der Waals surface area contributed by atoms with Crippen LogP contribution in [-0.2, 0) is 24.0 Å². The Kier molecular flexibility index (Phi) is 11.6. The van der Waals surface area contributed by atoms with E-state index in [1.54, 1.807) is 19.2 Å². The van der Waals surface area contributed by atoms with Gasteiger partial charge in [-0.2, -0.15) is 0 Å². The minimum atomic E-state index is -3.80. The highest BCUT2D eigenvalue weighted by Gasteiger charge is 2.59. The van der Waals surface area contributed by atoms with Crippen LogP contribution in [0.5, 0.6) is 0 Å². The summed E-state index contributed by atoms with van der Waals surface area (Å²) in [6.45, 7) is 7.38. The van der Waals surface area contributed by atoms with Gasteiger partial charge < -0.3 is 14.3 Å². The molecule has 5 rings (SSSR count). The molecule has 0 spiro atoms. The maximum absolute atomic E-state index is 13.8. The van der Waals surface area contributed by atoms with Gasteiger partial charge in [0.25, 0.3) is 8.32 Å². The van der Waals surface area contributed by atoms with Crippen LogP contribution in [0.1, 0.15) is 59.3 Å². The molecule has 0 aliphatic heterocycles. The highest BCUT2D eigenvalue weighted by Crippen LogP contribution is 2.59. The van der Waals surface area contributed by atoms with Gasteiger partial charge in [-0.15, -0.1) is 0 Å². The molecule has 2 saturated carbocycles. The van der Waals surface area contributed by atoms with Crippen LogP contribution in [0.2, 0.25) is 10.1 Å². The number of benzene rings is 3. The lowest BCUT2D eigenvalue weighted by Gasteiger charge is -2.44. The Morgan fingerprint density at radius 3 is 2.16 bits per heavy atom. The van der Waals surface area contributed by atoms with Crippen molar-refractivity contribution in [3.05, 3.63) is 102 Å². The third-order valence-corrected chi connectivity index (χ3v) is 17.8. The topological polar surface area (TPSA) is 93.1 Å². The molecule has 10 heteroatoms. The van der Waals surface area contributed by atoms with E-state index in [9.17, 15) is 18.3 Å². The number of hydrogen-bond acceptors (Lipinski definition) is 6. The molecule has 3 aromatic carbocycles. The number of halogens is 1. The maximum atomic E-state index is 13.8. The van der Waals surface area contributed by atoms with E-state index in [0.717, 1.165) is 12.8 Å². The molecular weight excluding hydrogens is 674 g/mol. The fourth-order valence-electron chi connectivity index (χ4n) is 8.39. The minimum absolute atomic E-state index is 0.00967. The Hall–Kier alpha value is -2.79. The Bertz CT molecular complexity index is 1670. The smallest absolute Gasteiger partial charge is 0.305 e. The van der Waals surface area contributed by atoms with Gasteiger partial charge in [0.15, 0.2) is 0 Å². The number of allylic oxidation sites excluding steroid dienone is 2. The second kappa shape index (κ2) is 15.2. The van der Waals surface area contributed by atoms with Gasteiger partial charge in [0.2, 0.25) is 10.0 Å². The van der Waals surface area contributed by atoms with Gasteiger partial charge in [-0.05, 0) is 83.1 Å². The Morgan fingerprint density at radius 1 is 1.02 bits per heavy atom. The van der Waals surface area contributed by atoms with E-state index in [1.165, 1.54) is 39.5 Å². The molecule has 264 valence electrons. The van der Waals surface area contributed by atoms with E-state index in [1.807, 2.05) is 12.1 Å². The van der Waals surface area contributed by atoms with E-state index in [-0.39, 0.29) is 34.3 Å². The molecule has 0 bridgehead atoms. The normalized spacial score (nSPS) is 23.6. The predicted molar refractivity (Wildman–Crippen MR) is 198 cm³/mol. The van der Waals surface area contributed by atoms with Gasteiger partial charge in [0, 0.05) is 37.6 Å². The SMILES string of the molecule is COC(=O)CCC/C=C1/C[C@@H]2[C@@H](CO[Si](c3ccccc3)(c3ccccc3)C(C)(C)C)[C@H](O)C[C@]2(CN(C)S(=O)(=O)c2ccc(Cl)cc2)C1. The molecular formula is C39H50ClNO6SSi. The first-order chi connectivity index (χ1) is 23.2. The first-order valence-electron chi connectivity index (χ1n) is 17.1. The largest absolute Gasteiger partial charge is 0.469 e. The second-order valence-electron chi connectivity index (χ2n) is 14.8. The first-order valence-corrected chi connectivity index (χ1v) is 20.9. The van der Waals surface area contributed by atoms with Crippen LogP contribution in [0.25, 0.3) is 0 Å². The summed E-state index contributed by atoms with van der Waals surface area (Å²) in [5, 5.41) is 14.4. The number of rotatable bonds is 13. The minimum Gasteiger partial charge on any atom is -0.469 e. The van der Waals surface area contributed by atoms with Crippen molar-refractivity contribution in [2.75, 3.05) is 27.3 Å². The van der Waals surface area contributed by atoms with Crippen LogP contribution in [-0.4, -0.2) is 65.5 Å². The lowest BCUT2D eigenvalue weighted by Crippen LogP contribution is -2.67. The number of sulfonamides is 1. The van der Waals surface area contributed by atoms with Gasteiger partial charge in [-0.1, -0.05) is 105 Å². The molecule has 1 N–H and O–H groups in total. The van der Waals surface area contributed by atoms with E-state index in [4.69, 9.17) is 20.8 Å². The van der Waals surface area contributed by atoms with Crippen LogP contribution in [0.4, 0.5) is 0 Å². The van der Waals surface area contributed by atoms with Crippen molar-refractivity contribution in [2.45, 2.75) is 75.3 Å². The molecule has 7 nitrogen and oxygen atoms in total. The number of nitrogens with zero attached hydrogens (tertiary/aromatic N) is 1. The molecule has 0 saturated heterocycles. The third kappa shape index (κ3) is 7.77. The van der Waals surface area contributed by atoms with Crippen LogP contribution >= 0.6 is 11.6 Å². The van der Waals surface area contributed by atoms with Crippen molar-refractivity contribution < 1.29 is 27.5 Å². The maximum Gasteiger partial charge on any atom is 0.305 e. The average molecular weight is 724 g/mol. The molecule has 2 aliphatic rings. The van der Waals surface area contributed by atoms with Gasteiger partial charge in [0.1, 0.15) is 0 Å². The predicted octanol–water partition coefficient (Wildman–Crippen LogP) is 6.58. The number of aliphatic hydroxyl groups is 1. The van der Waals surface area contributed by atoms with Crippen molar-refractivity contribution in [1.82, 2.24) is 4.31 Å². The summed E-state index contributed by atoms with van der Waals surface area (Å²) in [5.41, 5.74) is 0.774.